The number of anilines is 1. The first-order valence-corrected chi connectivity index (χ1v) is 9.40. The predicted molar refractivity (Wildman–Crippen MR) is 108 cm³/mol. The second kappa shape index (κ2) is 14.6. The van der Waals surface area contributed by atoms with Crippen LogP contribution >= 0.6 is 0 Å². The molecule has 0 spiro atoms. The number of nitrogens with two attached hydrogens (primary N) is 1. The molecule has 0 heterocycles. The standard InChI is InChI=1S/C19H28N2O3.C2H4O/c1-14-11-16(15(2)22)13-17(12-14)21-19(24)10-8-6-4-3-5-7-9-18(20)23;1-2-3/h11-13H,3-10H2,1-2H3,(H2,20,23)(H,21,24);2H,1H3. The maximum atomic E-state index is 12.0. The smallest absolute Gasteiger partial charge is 0.224 e. The van der Waals surface area contributed by atoms with E-state index in [4.69, 9.17) is 10.5 Å². The number of amides is 2. The van der Waals surface area contributed by atoms with Gasteiger partial charge in [0.15, 0.2) is 5.78 Å². The zero-order chi connectivity index (χ0) is 20.7. The average Bonchev–Trinajstić information content (AvgIpc) is 2.57. The monoisotopic (exact) mass is 376 g/mol. The SMILES string of the molecule is CC(=O)c1cc(C)cc(NC(=O)CCCCCCCCC(N)=O)c1.CC=O. The predicted octanol–water partition coefficient (Wildman–Crippen LogP) is 3.95. The van der Waals surface area contributed by atoms with Crippen LogP contribution < -0.4 is 11.1 Å². The van der Waals surface area contributed by atoms with Crippen LogP contribution in [-0.2, 0) is 14.4 Å². The fraction of sp³-hybridized carbons (Fsp3) is 0.524. The van der Waals surface area contributed by atoms with Gasteiger partial charge in [0.2, 0.25) is 11.8 Å². The highest BCUT2D eigenvalue weighted by atomic mass is 16.2. The van der Waals surface area contributed by atoms with E-state index in [0.717, 1.165) is 50.4 Å². The van der Waals surface area contributed by atoms with Gasteiger partial charge in [-0.1, -0.05) is 25.7 Å². The Labute approximate surface area is 161 Å². The van der Waals surface area contributed by atoms with Gasteiger partial charge in [-0.2, -0.15) is 0 Å². The molecule has 1 aromatic rings. The summed E-state index contributed by atoms with van der Waals surface area (Å²) >= 11 is 0. The Morgan fingerprint density at radius 2 is 1.48 bits per heavy atom. The highest BCUT2D eigenvalue weighted by molar-refractivity contribution is 5.97. The van der Waals surface area contributed by atoms with E-state index < -0.39 is 0 Å². The molecule has 6 heteroatoms. The molecule has 0 saturated carbocycles. The number of Topliss-reactive ketones (excluding diaryl/α,β-unsaturated/α-hetero) is 1. The normalized spacial score (nSPS) is 9.74. The molecule has 6 nitrogen and oxygen atoms in total. The van der Waals surface area contributed by atoms with Crippen molar-refractivity contribution >= 4 is 29.6 Å². The van der Waals surface area contributed by atoms with Crippen LogP contribution in [0.1, 0.15) is 81.1 Å². The molecule has 0 aliphatic carbocycles. The fourth-order valence-corrected chi connectivity index (χ4v) is 2.57. The van der Waals surface area contributed by atoms with E-state index in [-0.39, 0.29) is 17.6 Å². The van der Waals surface area contributed by atoms with Crippen molar-refractivity contribution in [3.63, 3.8) is 0 Å². The molecule has 0 aliphatic heterocycles. The lowest BCUT2D eigenvalue weighted by Gasteiger charge is -2.08. The number of unbranched alkanes of at least 4 members (excludes halogenated alkanes) is 5. The van der Waals surface area contributed by atoms with Crippen molar-refractivity contribution in [2.45, 2.75) is 72.1 Å². The van der Waals surface area contributed by atoms with Gasteiger partial charge in [-0.25, -0.2) is 0 Å². The van der Waals surface area contributed by atoms with Crippen molar-refractivity contribution in [2.24, 2.45) is 5.73 Å². The Morgan fingerprint density at radius 3 is 2.00 bits per heavy atom. The van der Waals surface area contributed by atoms with Gasteiger partial charge >= 0.3 is 0 Å². The van der Waals surface area contributed by atoms with Gasteiger partial charge in [-0.3, -0.25) is 14.4 Å². The molecule has 2 amide bonds. The average molecular weight is 376 g/mol. The third-order valence-corrected chi connectivity index (χ3v) is 3.84. The van der Waals surface area contributed by atoms with E-state index in [1.165, 1.54) is 13.8 Å². The summed E-state index contributed by atoms with van der Waals surface area (Å²) in [4.78, 5) is 42.8. The molecule has 0 saturated heterocycles. The first-order valence-electron chi connectivity index (χ1n) is 9.40. The molecule has 0 radical (unpaired) electrons. The third kappa shape index (κ3) is 13.4. The van der Waals surface area contributed by atoms with Gasteiger partial charge in [0, 0.05) is 24.1 Å². The molecule has 1 aromatic carbocycles. The molecule has 0 aliphatic rings. The number of benzene rings is 1. The number of carbonyl (C=O) groups is 4. The maximum absolute atomic E-state index is 12.0. The van der Waals surface area contributed by atoms with Crippen LogP contribution in [0, 0.1) is 6.92 Å². The van der Waals surface area contributed by atoms with Crippen LogP contribution in [0.25, 0.3) is 0 Å². The van der Waals surface area contributed by atoms with Crippen LogP contribution in [0.3, 0.4) is 0 Å². The Bertz CT molecular complexity index is 627. The fourth-order valence-electron chi connectivity index (χ4n) is 2.57. The minimum atomic E-state index is -0.240. The van der Waals surface area contributed by atoms with E-state index in [2.05, 4.69) is 5.32 Å². The number of hydrogen-bond acceptors (Lipinski definition) is 4. The van der Waals surface area contributed by atoms with Crippen LogP contribution in [0.5, 0.6) is 0 Å². The summed E-state index contributed by atoms with van der Waals surface area (Å²) in [7, 11) is 0. The summed E-state index contributed by atoms with van der Waals surface area (Å²) in [5, 5.41) is 2.86. The van der Waals surface area contributed by atoms with Gasteiger partial charge in [0.05, 0.1) is 0 Å². The third-order valence-electron chi connectivity index (χ3n) is 3.84. The topological polar surface area (TPSA) is 106 Å². The quantitative estimate of drug-likeness (QED) is 0.346. The molecule has 1 rings (SSSR count). The lowest BCUT2D eigenvalue weighted by molar-refractivity contribution is -0.118. The van der Waals surface area contributed by atoms with Crippen molar-refractivity contribution < 1.29 is 19.2 Å². The Morgan fingerprint density at radius 1 is 0.963 bits per heavy atom. The summed E-state index contributed by atoms with van der Waals surface area (Å²) in [6, 6.07) is 5.39. The number of nitrogens with one attached hydrogen (secondary N) is 1. The number of rotatable bonds is 11. The summed E-state index contributed by atoms with van der Waals surface area (Å²) in [6.07, 6.45) is 7.50. The molecule has 3 N–H and O–H groups in total. The van der Waals surface area contributed by atoms with Gasteiger partial charge in [0.1, 0.15) is 6.29 Å². The molecule has 0 fully saturated rings. The molecule has 0 bridgehead atoms. The minimum Gasteiger partial charge on any atom is -0.370 e. The van der Waals surface area contributed by atoms with Crippen molar-refractivity contribution in [2.75, 3.05) is 5.32 Å². The Balaban J connectivity index is 0.00000210. The van der Waals surface area contributed by atoms with Crippen LogP contribution in [0.2, 0.25) is 0 Å². The Kier molecular flexibility index (Phi) is 13.3. The summed E-state index contributed by atoms with van der Waals surface area (Å²) in [5.41, 5.74) is 7.33. The van der Waals surface area contributed by atoms with E-state index >= 15 is 0 Å². The van der Waals surface area contributed by atoms with Crippen molar-refractivity contribution in [1.29, 1.82) is 0 Å². The molecule has 0 aromatic heterocycles. The molecule has 0 atom stereocenters. The van der Waals surface area contributed by atoms with E-state index in [1.807, 2.05) is 19.1 Å². The van der Waals surface area contributed by atoms with Crippen LogP contribution in [0.4, 0.5) is 5.69 Å². The van der Waals surface area contributed by atoms with Gasteiger partial charge in [-0.15, -0.1) is 0 Å². The van der Waals surface area contributed by atoms with Crippen molar-refractivity contribution in [3.05, 3.63) is 29.3 Å². The zero-order valence-corrected chi connectivity index (χ0v) is 16.7. The molecule has 150 valence electrons. The van der Waals surface area contributed by atoms with Gasteiger partial charge < -0.3 is 15.8 Å². The number of aldehydes is 1. The minimum absolute atomic E-state index is 0.00876. The highest BCUT2D eigenvalue weighted by Crippen LogP contribution is 2.16. The molecule has 0 unspecified atom stereocenters. The second-order valence-corrected chi connectivity index (χ2v) is 6.52. The van der Waals surface area contributed by atoms with Gasteiger partial charge in [-0.05, 0) is 57.4 Å². The number of hydrogen-bond donors (Lipinski definition) is 2. The number of carbonyl (C=O) groups excluding carboxylic acids is 4. The first kappa shape index (κ1) is 24.5. The van der Waals surface area contributed by atoms with E-state index in [0.29, 0.717) is 24.1 Å². The number of aryl methyl sites for hydroxylation is 1. The summed E-state index contributed by atoms with van der Waals surface area (Å²) in [5.74, 6) is -0.273. The number of ketones is 1. The highest BCUT2D eigenvalue weighted by Gasteiger charge is 2.06. The second-order valence-electron chi connectivity index (χ2n) is 6.52. The van der Waals surface area contributed by atoms with E-state index in [1.54, 1.807) is 6.07 Å². The zero-order valence-electron chi connectivity index (χ0n) is 16.7. The summed E-state index contributed by atoms with van der Waals surface area (Å²) in [6.45, 7) is 4.87. The molecule has 27 heavy (non-hydrogen) atoms. The lowest BCUT2D eigenvalue weighted by Crippen LogP contribution is -2.11. The summed E-state index contributed by atoms with van der Waals surface area (Å²) < 4.78 is 0. The molecular formula is C21H32N2O4. The van der Waals surface area contributed by atoms with Crippen molar-refractivity contribution in [3.8, 4) is 0 Å². The van der Waals surface area contributed by atoms with Gasteiger partial charge in [0.25, 0.3) is 0 Å². The lowest BCUT2D eigenvalue weighted by atomic mass is 10.1. The molecular weight excluding hydrogens is 344 g/mol. The van der Waals surface area contributed by atoms with Crippen LogP contribution in [-0.4, -0.2) is 23.9 Å². The largest absolute Gasteiger partial charge is 0.370 e. The Hall–Kier alpha value is -2.50. The van der Waals surface area contributed by atoms with Crippen LogP contribution in [0.15, 0.2) is 18.2 Å². The number of primary amides is 1. The van der Waals surface area contributed by atoms with Crippen molar-refractivity contribution in [1.82, 2.24) is 0 Å². The van der Waals surface area contributed by atoms with E-state index in [9.17, 15) is 14.4 Å². The maximum Gasteiger partial charge on any atom is 0.224 e. The first-order chi connectivity index (χ1) is 12.8.